The molecule has 0 saturated carbocycles. The zero-order valence-corrected chi connectivity index (χ0v) is 9.41. The van der Waals surface area contributed by atoms with Gasteiger partial charge in [0.25, 0.3) is 5.91 Å². The van der Waals surface area contributed by atoms with E-state index in [0.717, 1.165) is 15.2 Å². The average molecular weight is 265 g/mol. The minimum atomic E-state index is -0.279. The van der Waals surface area contributed by atoms with Crippen LogP contribution in [0.15, 0.2) is 40.9 Å². The van der Waals surface area contributed by atoms with Crippen LogP contribution in [0.2, 0.25) is 0 Å². The second kappa shape index (κ2) is 4.00. The summed E-state index contributed by atoms with van der Waals surface area (Å²) in [5.41, 5.74) is 2.72. The fraction of sp³-hybridized carbons (Fsp3) is 0. The highest BCUT2D eigenvalue weighted by molar-refractivity contribution is 9.10. The molecule has 0 spiro atoms. The van der Waals surface area contributed by atoms with Crippen LogP contribution in [-0.2, 0) is 0 Å². The Hall–Kier alpha value is -1.39. The number of rotatable bonds is 1. The van der Waals surface area contributed by atoms with Crippen LogP contribution in [0.4, 0.5) is 0 Å². The van der Waals surface area contributed by atoms with Gasteiger partial charge < -0.3 is 0 Å². The van der Waals surface area contributed by atoms with Gasteiger partial charge in [-0.25, -0.2) is 5.84 Å². The minimum Gasteiger partial charge on any atom is -0.290 e. The quantitative estimate of drug-likeness (QED) is 0.472. The highest BCUT2D eigenvalue weighted by atomic mass is 79.9. The van der Waals surface area contributed by atoms with Crippen LogP contribution >= 0.6 is 15.9 Å². The van der Waals surface area contributed by atoms with Crippen LogP contribution in [0, 0.1) is 0 Å². The summed E-state index contributed by atoms with van der Waals surface area (Å²) in [5, 5.41) is 1.88. The lowest BCUT2D eigenvalue weighted by atomic mass is 10.0. The minimum absolute atomic E-state index is 0.279. The molecular weight excluding hydrogens is 256 g/mol. The average Bonchev–Trinajstić information content (AvgIpc) is 2.28. The van der Waals surface area contributed by atoms with Gasteiger partial charge in [0, 0.05) is 10.0 Å². The Kier molecular flexibility index (Phi) is 2.70. The molecule has 0 radical (unpaired) electrons. The molecule has 2 rings (SSSR count). The van der Waals surface area contributed by atoms with Gasteiger partial charge in [-0.15, -0.1) is 0 Å². The van der Waals surface area contributed by atoms with Crippen molar-refractivity contribution in [2.24, 2.45) is 5.84 Å². The highest BCUT2D eigenvalue weighted by Crippen LogP contribution is 2.26. The Morgan fingerprint density at radius 3 is 2.53 bits per heavy atom. The maximum Gasteiger partial charge on any atom is 0.265 e. The molecule has 4 heteroatoms. The third-order valence-electron chi connectivity index (χ3n) is 2.24. The van der Waals surface area contributed by atoms with Gasteiger partial charge in [0.1, 0.15) is 0 Å². The van der Waals surface area contributed by atoms with Crippen molar-refractivity contribution in [2.45, 2.75) is 0 Å². The number of amides is 1. The molecule has 0 heterocycles. The van der Waals surface area contributed by atoms with Crippen molar-refractivity contribution < 1.29 is 4.79 Å². The number of nitrogens with one attached hydrogen (secondary N) is 1. The molecule has 15 heavy (non-hydrogen) atoms. The Morgan fingerprint density at radius 1 is 1.13 bits per heavy atom. The summed E-state index contributed by atoms with van der Waals surface area (Å²) in [6.45, 7) is 0. The normalized spacial score (nSPS) is 10.3. The number of fused-ring (bicyclic) bond motifs is 1. The maximum atomic E-state index is 11.5. The van der Waals surface area contributed by atoms with Gasteiger partial charge >= 0.3 is 0 Å². The second-order valence-corrected chi connectivity index (χ2v) is 3.97. The molecule has 2 aromatic carbocycles. The van der Waals surface area contributed by atoms with E-state index in [1.807, 2.05) is 30.3 Å². The number of nitrogens with two attached hydrogens (primary N) is 1. The molecule has 0 aliphatic carbocycles. The monoisotopic (exact) mass is 264 g/mol. The summed E-state index contributed by atoms with van der Waals surface area (Å²) in [6.07, 6.45) is 0. The number of hydrogen-bond acceptors (Lipinski definition) is 2. The van der Waals surface area contributed by atoms with Crippen molar-refractivity contribution >= 4 is 32.6 Å². The number of hydrazine groups is 1. The molecule has 0 bridgehead atoms. The summed E-state index contributed by atoms with van der Waals surface area (Å²) in [6, 6.07) is 11.2. The zero-order valence-electron chi connectivity index (χ0n) is 7.83. The predicted molar refractivity (Wildman–Crippen MR) is 63.3 cm³/mol. The van der Waals surface area contributed by atoms with E-state index in [4.69, 9.17) is 5.84 Å². The number of benzene rings is 2. The number of halogens is 1. The summed E-state index contributed by atoms with van der Waals surface area (Å²) in [7, 11) is 0. The lowest BCUT2D eigenvalue weighted by molar-refractivity contribution is 0.0955. The third kappa shape index (κ3) is 1.73. The Morgan fingerprint density at radius 2 is 1.80 bits per heavy atom. The van der Waals surface area contributed by atoms with Gasteiger partial charge in [-0.2, -0.15) is 0 Å². The molecule has 0 atom stereocenters. The standard InChI is InChI=1S/C11H9BrN2O/c12-10-6-2-3-7-8(10)4-1-5-9(7)11(15)14-13/h1-6H,13H2,(H,14,15). The van der Waals surface area contributed by atoms with E-state index in [1.54, 1.807) is 6.07 Å². The fourth-order valence-electron chi connectivity index (χ4n) is 1.55. The zero-order chi connectivity index (χ0) is 10.8. The van der Waals surface area contributed by atoms with E-state index in [1.165, 1.54) is 0 Å². The predicted octanol–water partition coefficient (Wildman–Crippen LogP) is 2.21. The third-order valence-corrected chi connectivity index (χ3v) is 2.94. The molecule has 0 aliphatic rings. The number of hydrogen-bond donors (Lipinski definition) is 2. The number of carbonyl (C=O) groups is 1. The van der Waals surface area contributed by atoms with E-state index in [9.17, 15) is 4.79 Å². The van der Waals surface area contributed by atoms with E-state index in [0.29, 0.717) is 5.56 Å². The van der Waals surface area contributed by atoms with E-state index in [2.05, 4.69) is 21.4 Å². The molecule has 3 N–H and O–H groups in total. The highest BCUT2D eigenvalue weighted by Gasteiger charge is 2.08. The Bertz CT molecular complexity index is 525. The summed E-state index contributed by atoms with van der Waals surface area (Å²) in [5.74, 6) is 4.84. The fourth-order valence-corrected chi connectivity index (χ4v) is 2.05. The van der Waals surface area contributed by atoms with Gasteiger partial charge in [-0.1, -0.05) is 40.2 Å². The van der Waals surface area contributed by atoms with E-state index < -0.39 is 0 Å². The molecule has 3 nitrogen and oxygen atoms in total. The lowest BCUT2D eigenvalue weighted by Crippen LogP contribution is -2.30. The lowest BCUT2D eigenvalue weighted by Gasteiger charge is -2.05. The summed E-state index contributed by atoms with van der Waals surface area (Å²) < 4.78 is 0.965. The molecular formula is C11H9BrN2O. The van der Waals surface area contributed by atoms with Gasteiger partial charge in [-0.3, -0.25) is 10.2 Å². The van der Waals surface area contributed by atoms with E-state index >= 15 is 0 Å². The van der Waals surface area contributed by atoms with Crippen LogP contribution < -0.4 is 11.3 Å². The van der Waals surface area contributed by atoms with Crippen molar-refractivity contribution in [3.8, 4) is 0 Å². The molecule has 2 aromatic rings. The van der Waals surface area contributed by atoms with E-state index in [-0.39, 0.29) is 5.91 Å². The largest absolute Gasteiger partial charge is 0.290 e. The molecule has 0 fully saturated rings. The molecule has 1 amide bonds. The second-order valence-electron chi connectivity index (χ2n) is 3.11. The Labute approximate surface area is 95.4 Å². The summed E-state index contributed by atoms with van der Waals surface area (Å²) in [4.78, 5) is 11.5. The first-order valence-electron chi connectivity index (χ1n) is 4.42. The van der Waals surface area contributed by atoms with Crippen LogP contribution in [-0.4, -0.2) is 5.91 Å². The van der Waals surface area contributed by atoms with Crippen molar-refractivity contribution in [3.63, 3.8) is 0 Å². The first-order chi connectivity index (χ1) is 7.24. The van der Waals surface area contributed by atoms with Crippen LogP contribution in [0.3, 0.4) is 0 Å². The van der Waals surface area contributed by atoms with Crippen LogP contribution in [0.5, 0.6) is 0 Å². The topological polar surface area (TPSA) is 55.1 Å². The Balaban J connectivity index is 2.77. The first kappa shape index (κ1) is 10.1. The first-order valence-corrected chi connectivity index (χ1v) is 5.21. The van der Waals surface area contributed by atoms with Crippen molar-refractivity contribution in [1.29, 1.82) is 0 Å². The SMILES string of the molecule is NNC(=O)c1cccc2c(Br)cccc12. The van der Waals surface area contributed by atoms with Crippen molar-refractivity contribution in [1.82, 2.24) is 5.43 Å². The van der Waals surface area contributed by atoms with Crippen molar-refractivity contribution in [3.05, 3.63) is 46.4 Å². The molecule has 0 aliphatic heterocycles. The van der Waals surface area contributed by atoms with Gasteiger partial charge in [-0.05, 0) is 22.9 Å². The number of carbonyl (C=O) groups excluding carboxylic acids is 1. The molecule has 0 saturated heterocycles. The molecule has 0 aromatic heterocycles. The number of nitrogen functional groups attached to an aromatic ring is 1. The van der Waals surface area contributed by atoms with Gasteiger partial charge in [0.2, 0.25) is 0 Å². The van der Waals surface area contributed by atoms with Crippen LogP contribution in [0.25, 0.3) is 10.8 Å². The van der Waals surface area contributed by atoms with Crippen molar-refractivity contribution in [2.75, 3.05) is 0 Å². The smallest absolute Gasteiger partial charge is 0.265 e. The van der Waals surface area contributed by atoms with Gasteiger partial charge in [0.05, 0.1) is 0 Å². The summed E-state index contributed by atoms with van der Waals surface area (Å²) >= 11 is 3.44. The van der Waals surface area contributed by atoms with Crippen LogP contribution in [0.1, 0.15) is 10.4 Å². The van der Waals surface area contributed by atoms with Gasteiger partial charge in [0.15, 0.2) is 0 Å². The molecule has 76 valence electrons. The maximum absolute atomic E-state index is 11.5. The molecule has 0 unspecified atom stereocenters.